The molecule has 0 bridgehead atoms. The lowest BCUT2D eigenvalue weighted by Crippen LogP contribution is -2.55. The van der Waals surface area contributed by atoms with E-state index in [0.717, 1.165) is 29.0 Å². The van der Waals surface area contributed by atoms with Gasteiger partial charge in [0.2, 0.25) is 23.6 Å². The first kappa shape index (κ1) is 93.3. The van der Waals surface area contributed by atoms with Crippen molar-refractivity contribution in [3.05, 3.63) is 82.3 Å². The summed E-state index contributed by atoms with van der Waals surface area (Å²) in [6, 6.07) is 15.3. The first-order chi connectivity index (χ1) is 50.6. The zero-order valence-electron chi connectivity index (χ0n) is 65.6. The second kappa shape index (κ2) is 52.2. The number of nitrogens with zero attached hydrogens (tertiary/aromatic N) is 3. The fourth-order valence-corrected chi connectivity index (χ4v) is 13.4. The lowest BCUT2D eigenvalue weighted by Gasteiger charge is -2.41. The molecule has 2 heterocycles. The van der Waals surface area contributed by atoms with Crippen LogP contribution in [-0.2, 0) is 82.6 Å². The van der Waals surface area contributed by atoms with E-state index in [1.807, 2.05) is 96.0 Å². The van der Waals surface area contributed by atoms with E-state index < -0.39 is 59.7 Å². The molecule has 27 nitrogen and oxygen atoms in total. The molecule has 0 radical (unpaired) electrons. The van der Waals surface area contributed by atoms with E-state index in [4.69, 9.17) is 54.1 Å². The minimum Gasteiger partial charge on any atom is -0.450 e. The Morgan fingerprint density at radius 1 is 0.736 bits per heavy atom. The largest absolute Gasteiger partial charge is 0.450 e. The minimum absolute atomic E-state index is 0.0311. The number of aryl methyl sites for hydroxylation is 1. The Labute approximate surface area is 633 Å². The van der Waals surface area contributed by atoms with Crippen LogP contribution < -0.4 is 32.7 Å². The second-order valence-corrected chi connectivity index (χ2v) is 29.0. The third-order valence-electron chi connectivity index (χ3n) is 18.9. The normalized spacial score (nSPS) is 15.6. The number of amides is 7. The molecule has 1 fully saturated rings. The molecular weight excluding hydrogens is 1380 g/mol. The topological polar surface area (TPSA) is 356 Å². The van der Waals surface area contributed by atoms with E-state index >= 15 is 0 Å². The van der Waals surface area contributed by atoms with E-state index in [1.165, 1.54) is 0 Å². The molecule has 106 heavy (non-hydrogen) atoms. The number of alkyl carbamates (subject to hydrolysis) is 1. The summed E-state index contributed by atoms with van der Waals surface area (Å²) in [4.78, 5) is 127. The van der Waals surface area contributed by atoms with E-state index in [-0.39, 0.29) is 116 Å². The Balaban J connectivity index is 0.000000557. The van der Waals surface area contributed by atoms with Crippen molar-refractivity contribution in [2.45, 2.75) is 189 Å². The summed E-state index contributed by atoms with van der Waals surface area (Å²) in [5, 5.41) is 13.7. The predicted molar refractivity (Wildman–Crippen MR) is 408 cm³/mol. The monoisotopic (exact) mass is 1510 g/mol. The number of methoxy groups -OCH3 is 2. The molecule has 0 spiro atoms. The van der Waals surface area contributed by atoms with E-state index in [0.29, 0.717) is 124 Å². The number of nitrogens with two attached hydrogens (primary N) is 2. The quantitative estimate of drug-likeness (QED) is 0.0288. The van der Waals surface area contributed by atoms with Crippen LogP contribution in [0.4, 0.5) is 15.3 Å². The molecule has 8 N–H and O–H groups in total. The summed E-state index contributed by atoms with van der Waals surface area (Å²) in [6.45, 7) is 26.9. The number of nitrogens with one attached hydrogen (secondary N) is 4. The van der Waals surface area contributed by atoms with Gasteiger partial charge in [-0.3, -0.25) is 33.6 Å². The van der Waals surface area contributed by atoms with Crippen molar-refractivity contribution >= 4 is 70.1 Å². The summed E-state index contributed by atoms with van der Waals surface area (Å²) < 4.78 is 49.5. The molecule has 4 rings (SSSR count). The predicted octanol–water partition coefficient (Wildman–Crippen LogP) is 8.65. The van der Waals surface area contributed by atoms with Gasteiger partial charge < -0.3 is 85.2 Å². The van der Waals surface area contributed by atoms with Crippen LogP contribution in [0.15, 0.2) is 66.2 Å². The van der Waals surface area contributed by atoms with Gasteiger partial charge in [-0.1, -0.05) is 103 Å². The third kappa shape index (κ3) is 35.0. The smallest absolute Gasteiger partial charge is 0.407 e. The second-order valence-electron chi connectivity index (χ2n) is 28.1. The number of hydrogen-bond donors (Lipinski definition) is 6. The Morgan fingerprint density at radius 3 is 1.85 bits per heavy atom. The molecular formula is C78H127N9O18S. The standard InChI is InChI=1S/C44H68N4O8S.C34H59N5O10/c1-12-29(5)39(47(9)42(52)33(28(3)4)26-37(50)44(7,8)46-43(53)56-13-2)36(54-10)27-38(51)48-22-17-20-34(48)40(55-11)30(6)35(49)25-32(41-45-21-23-57-41)24-31-18-15-14-16-19-31;1-26(2)32(30(40)25-28(5-4-12-37-34(36)43)33(42)38-29-8-6-27(3)7-9-29)39-31(41)10-13-44-15-17-46-19-21-48-23-24-49-22-20-47-18-16-45-14-11-35/h14-16,18-19,21,23,28-30,32-34,36,39-40H,12-13,17,20,22,24-27H2,1-11H3,(H,46,53);6-9,26,28,32H,4-5,10-25,35H2,1-3H3,(H,38,42)(H,39,41)(H3,36,37,43)/t29-,30-,32+,33-,34-,36+,39-,40+;28-,32+/m01/s1. The van der Waals surface area contributed by atoms with Crippen molar-refractivity contribution in [2.75, 3.05) is 132 Å². The maximum atomic E-state index is 14.3. The Kier molecular flexibility index (Phi) is 46.0. The van der Waals surface area contributed by atoms with Crippen LogP contribution in [0.5, 0.6) is 0 Å². The summed E-state index contributed by atoms with van der Waals surface area (Å²) in [6.07, 6.45) is 3.94. The number of anilines is 1. The maximum absolute atomic E-state index is 14.3. The zero-order chi connectivity index (χ0) is 78.6. The number of benzene rings is 2. The highest BCUT2D eigenvalue weighted by molar-refractivity contribution is 7.09. The van der Waals surface area contributed by atoms with Gasteiger partial charge in [-0.2, -0.15) is 0 Å². The first-order valence-corrected chi connectivity index (χ1v) is 38.5. The van der Waals surface area contributed by atoms with Crippen LogP contribution >= 0.6 is 11.3 Å². The van der Waals surface area contributed by atoms with Gasteiger partial charge in [0.05, 0.1) is 133 Å². The number of rotatable bonds is 54. The molecule has 1 aliphatic heterocycles. The van der Waals surface area contributed by atoms with Crippen LogP contribution in [0.3, 0.4) is 0 Å². The Bertz CT molecular complexity index is 3020. The average molecular weight is 1510 g/mol. The summed E-state index contributed by atoms with van der Waals surface area (Å²) in [7, 11) is 4.90. The number of thiazole rings is 1. The number of urea groups is 1. The van der Waals surface area contributed by atoms with Gasteiger partial charge in [-0.05, 0) is 95.2 Å². The zero-order valence-corrected chi connectivity index (χ0v) is 66.4. The number of carbonyl (C=O) groups is 9. The number of ketones is 3. The van der Waals surface area contributed by atoms with Crippen molar-refractivity contribution in [3.63, 3.8) is 0 Å². The first-order valence-electron chi connectivity index (χ1n) is 37.6. The fourth-order valence-electron chi connectivity index (χ4n) is 12.6. The van der Waals surface area contributed by atoms with Gasteiger partial charge in [-0.25, -0.2) is 14.6 Å². The number of likely N-dealkylation sites (tertiary alicyclic amines) is 1. The molecule has 3 aromatic rings. The van der Waals surface area contributed by atoms with Crippen LogP contribution in [0.1, 0.15) is 155 Å². The van der Waals surface area contributed by atoms with E-state index in [1.54, 1.807) is 76.6 Å². The number of ether oxygens (including phenoxy) is 9. The summed E-state index contributed by atoms with van der Waals surface area (Å²) >= 11 is 1.56. The molecule has 2 aromatic carbocycles. The van der Waals surface area contributed by atoms with Gasteiger partial charge in [0.1, 0.15) is 5.78 Å². The molecule has 0 aliphatic carbocycles. The highest BCUT2D eigenvalue weighted by Gasteiger charge is 2.44. The van der Waals surface area contributed by atoms with E-state index in [2.05, 4.69) is 38.4 Å². The van der Waals surface area contributed by atoms with Gasteiger partial charge in [0, 0.05) is 108 Å². The number of carbonyl (C=O) groups excluding carboxylic acids is 9. The number of primary amides is 1. The SMILES string of the molecule is CCOC(=O)NC(C)(C)C(=O)C[C@H](C(=O)N(C)[C@@H]([C@@H](C)CC)[C@@H](CC(=O)N1CCC[C@H]1[C@H](OC)[C@@H](C)C(=O)C[C@@H](Cc1ccccc1)c1nccs1)OC)C(C)C.Cc1ccc(NC(=O)[C@H](CCCNC(N)=O)CC(=O)[C@@H](NC(=O)CCOCCOCCOCCOCCOCCOCCN)C(C)C)cc1. The number of likely N-dealkylation sites (N-methyl/N-ethyl adjacent to an activating group) is 1. The maximum Gasteiger partial charge on any atom is 0.407 e. The minimum atomic E-state index is -1.24. The number of hydrogen-bond acceptors (Lipinski definition) is 21. The number of aromatic nitrogens is 1. The van der Waals surface area contributed by atoms with Crippen molar-refractivity contribution in [1.82, 2.24) is 30.7 Å². The Morgan fingerprint density at radius 2 is 1.33 bits per heavy atom. The average Bonchev–Trinajstić information content (AvgIpc) is 1.25. The van der Waals surface area contributed by atoms with Gasteiger partial charge >= 0.3 is 12.1 Å². The molecule has 7 amide bonds. The molecule has 0 unspecified atom stereocenters. The fraction of sp³-hybridized carbons (Fsp3) is 0.692. The summed E-state index contributed by atoms with van der Waals surface area (Å²) in [5.41, 5.74) is 12.1. The molecule has 1 aliphatic rings. The lowest BCUT2D eigenvalue weighted by atomic mass is 9.83. The Hall–Kier alpha value is -6.86. The van der Waals surface area contributed by atoms with Crippen molar-refractivity contribution < 1.29 is 85.8 Å². The van der Waals surface area contributed by atoms with Gasteiger partial charge in [0.25, 0.3) is 0 Å². The highest BCUT2D eigenvalue weighted by atomic mass is 32.1. The molecule has 28 heteroatoms. The lowest BCUT2D eigenvalue weighted by molar-refractivity contribution is -0.149. The molecule has 598 valence electrons. The highest BCUT2D eigenvalue weighted by Crippen LogP contribution is 2.34. The van der Waals surface area contributed by atoms with Crippen LogP contribution in [0.2, 0.25) is 0 Å². The van der Waals surface area contributed by atoms with Gasteiger partial charge in [0.15, 0.2) is 11.6 Å². The molecule has 10 atom stereocenters. The van der Waals surface area contributed by atoms with Crippen LogP contribution in [0, 0.1) is 42.4 Å². The molecule has 0 saturated carbocycles. The van der Waals surface area contributed by atoms with Crippen molar-refractivity contribution in [2.24, 2.45) is 47.0 Å². The van der Waals surface area contributed by atoms with Gasteiger partial charge in [-0.15, -0.1) is 11.3 Å². The molecule has 1 aromatic heterocycles. The van der Waals surface area contributed by atoms with Crippen LogP contribution in [0.25, 0.3) is 0 Å². The third-order valence-corrected chi connectivity index (χ3v) is 19.9. The number of Topliss-reactive ketones (excluding diaryl/α,β-unsaturated/α-hetero) is 3. The van der Waals surface area contributed by atoms with Crippen molar-refractivity contribution in [1.29, 1.82) is 0 Å². The molecule has 1 saturated heterocycles. The summed E-state index contributed by atoms with van der Waals surface area (Å²) in [5.74, 6) is -3.70. The van der Waals surface area contributed by atoms with Crippen LogP contribution in [-0.4, -0.2) is 231 Å². The van der Waals surface area contributed by atoms with E-state index in [9.17, 15) is 43.2 Å². The van der Waals surface area contributed by atoms with Crippen molar-refractivity contribution in [3.8, 4) is 0 Å².